The van der Waals surface area contributed by atoms with E-state index >= 15 is 0 Å². The van der Waals surface area contributed by atoms with E-state index in [4.69, 9.17) is 9.52 Å². The van der Waals surface area contributed by atoms with Gasteiger partial charge in [0.1, 0.15) is 11.5 Å². The monoisotopic (exact) mass is 294 g/mol. The van der Waals surface area contributed by atoms with Gasteiger partial charge in [-0.3, -0.25) is 14.5 Å². The van der Waals surface area contributed by atoms with Crippen molar-refractivity contribution in [1.82, 2.24) is 9.80 Å². The van der Waals surface area contributed by atoms with Gasteiger partial charge in [0.25, 0.3) is 0 Å². The highest BCUT2D eigenvalue weighted by Crippen LogP contribution is 2.29. The van der Waals surface area contributed by atoms with Gasteiger partial charge in [-0.2, -0.15) is 0 Å². The van der Waals surface area contributed by atoms with Crippen LogP contribution in [0.4, 0.5) is 0 Å². The molecule has 0 atom stereocenters. The molecular formula is C15H22N2O4. The first kappa shape index (κ1) is 15.6. The highest BCUT2D eigenvalue weighted by atomic mass is 16.4. The maximum absolute atomic E-state index is 12.2. The highest BCUT2D eigenvalue weighted by Gasteiger charge is 2.27. The Morgan fingerprint density at radius 2 is 2.05 bits per heavy atom. The lowest BCUT2D eigenvalue weighted by atomic mass is 10.3. The van der Waals surface area contributed by atoms with Gasteiger partial charge < -0.3 is 14.4 Å². The van der Waals surface area contributed by atoms with Crippen molar-refractivity contribution >= 4 is 11.9 Å². The molecule has 1 aromatic heterocycles. The molecule has 0 unspecified atom stereocenters. The van der Waals surface area contributed by atoms with Crippen molar-refractivity contribution in [2.24, 2.45) is 5.92 Å². The Bertz CT molecular complexity index is 508. The van der Waals surface area contributed by atoms with Crippen LogP contribution in [-0.2, 0) is 16.1 Å². The molecule has 1 heterocycles. The summed E-state index contributed by atoms with van der Waals surface area (Å²) in [6.45, 7) is 2.99. The molecule has 0 aliphatic heterocycles. The van der Waals surface area contributed by atoms with Crippen LogP contribution < -0.4 is 0 Å². The summed E-state index contributed by atoms with van der Waals surface area (Å²) >= 11 is 0. The molecule has 0 aromatic carbocycles. The molecule has 1 N–H and O–H groups in total. The lowest BCUT2D eigenvalue weighted by molar-refractivity contribution is -0.139. The number of carbonyl (C=O) groups excluding carboxylic acids is 1. The molecule has 1 aromatic rings. The molecule has 1 saturated carbocycles. The third kappa shape index (κ3) is 5.23. The summed E-state index contributed by atoms with van der Waals surface area (Å²) in [7, 11) is 1.70. The molecule has 116 valence electrons. The molecule has 0 radical (unpaired) electrons. The van der Waals surface area contributed by atoms with Crippen LogP contribution in [0.5, 0.6) is 0 Å². The molecule has 1 amide bonds. The average molecular weight is 294 g/mol. The van der Waals surface area contributed by atoms with Crippen molar-refractivity contribution in [3.05, 3.63) is 23.7 Å². The third-order valence-electron chi connectivity index (χ3n) is 3.55. The van der Waals surface area contributed by atoms with Crippen molar-refractivity contribution in [1.29, 1.82) is 0 Å². The fraction of sp³-hybridized carbons (Fsp3) is 0.600. The molecule has 6 heteroatoms. The van der Waals surface area contributed by atoms with E-state index < -0.39 is 5.97 Å². The minimum Gasteiger partial charge on any atom is -0.480 e. The number of aryl methyl sites for hydroxylation is 1. The fourth-order valence-electron chi connectivity index (χ4n) is 2.25. The zero-order valence-corrected chi connectivity index (χ0v) is 12.5. The Kier molecular flexibility index (Phi) is 5.01. The van der Waals surface area contributed by atoms with Crippen LogP contribution in [0.2, 0.25) is 0 Å². The number of carbonyl (C=O) groups is 2. The maximum Gasteiger partial charge on any atom is 0.317 e. The lowest BCUT2D eigenvalue weighted by Crippen LogP contribution is -2.41. The Morgan fingerprint density at radius 3 is 2.57 bits per heavy atom. The summed E-state index contributed by atoms with van der Waals surface area (Å²) in [6.07, 6.45) is 2.26. The predicted octanol–water partition coefficient (Wildman–Crippen LogP) is 1.34. The van der Waals surface area contributed by atoms with E-state index in [0.29, 0.717) is 19.0 Å². The van der Waals surface area contributed by atoms with Gasteiger partial charge in [-0.25, -0.2) is 0 Å². The SMILES string of the molecule is Cc1ccc(CN(C)C(=O)CN(CC(=O)O)CC2CC2)o1. The lowest BCUT2D eigenvalue weighted by Gasteiger charge is -2.23. The molecule has 6 nitrogen and oxygen atoms in total. The Hall–Kier alpha value is -1.82. The van der Waals surface area contributed by atoms with Crippen LogP contribution in [-0.4, -0.2) is 53.5 Å². The van der Waals surface area contributed by atoms with Gasteiger partial charge in [0, 0.05) is 13.6 Å². The first-order chi connectivity index (χ1) is 9.94. The molecule has 2 rings (SSSR count). The molecule has 0 spiro atoms. The minimum absolute atomic E-state index is 0.0874. The van der Waals surface area contributed by atoms with Crippen LogP contribution in [0.15, 0.2) is 16.5 Å². The molecule has 21 heavy (non-hydrogen) atoms. The third-order valence-corrected chi connectivity index (χ3v) is 3.55. The topological polar surface area (TPSA) is 74.0 Å². The zero-order valence-electron chi connectivity index (χ0n) is 12.5. The molecule has 0 bridgehead atoms. The van der Waals surface area contributed by atoms with E-state index in [1.54, 1.807) is 16.8 Å². The molecular weight excluding hydrogens is 272 g/mol. The van der Waals surface area contributed by atoms with Crippen LogP contribution in [0.1, 0.15) is 24.4 Å². The van der Waals surface area contributed by atoms with Gasteiger partial charge in [-0.15, -0.1) is 0 Å². The summed E-state index contributed by atoms with van der Waals surface area (Å²) in [5, 5.41) is 8.93. The number of carboxylic acid groups (broad SMARTS) is 1. The van der Waals surface area contributed by atoms with Crippen molar-refractivity contribution in [3.8, 4) is 0 Å². The summed E-state index contributed by atoms with van der Waals surface area (Å²) in [5.41, 5.74) is 0. The van der Waals surface area contributed by atoms with Gasteiger partial charge >= 0.3 is 5.97 Å². The zero-order chi connectivity index (χ0) is 15.4. The van der Waals surface area contributed by atoms with Gasteiger partial charge in [-0.1, -0.05) is 0 Å². The number of furan rings is 1. The summed E-state index contributed by atoms with van der Waals surface area (Å²) < 4.78 is 5.45. The minimum atomic E-state index is -0.896. The second-order valence-corrected chi connectivity index (χ2v) is 5.77. The van der Waals surface area contributed by atoms with Crippen molar-refractivity contribution in [2.45, 2.75) is 26.3 Å². The fourth-order valence-corrected chi connectivity index (χ4v) is 2.25. The number of likely N-dealkylation sites (N-methyl/N-ethyl adjacent to an activating group) is 1. The second kappa shape index (κ2) is 6.76. The summed E-state index contributed by atoms with van der Waals surface area (Å²) in [6, 6.07) is 3.70. The number of hydrogen-bond acceptors (Lipinski definition) is 4. The van der Waals surface area contributed by atoms with E-state index in [1.165, 1.54) is 0 Å². The van der Waals surface area contributed by atoms with Gasteiger partial charge in [-0.05, 0) is 37.8 Å². The smallest absolute Gasteiger partial charge is 0.317 e. The number of carboxylic acids is 1. The van der Waals surface area contributed by atoms with Crippen molar-refractivity contribution in [2.75, 3.05) is 26.7 Å². The van der Waals surface area contributed by atoms with Crippen LogP contribution >= 0.6 is 0 Å². The number of aliphatic carboxylic acids is 1. The average Bonchev–Trinajstić information content (AvgIpc) is 3.10. The molecule has 0 saturated heterocycles. The van der Waals surface area contributed by atoms with E-state index in [-0.39, 0.29) is 19.0 Å². The normalized spacial score (nSPS) is 14.4. The predicted molar refractivity (Wildman–Crippen MR) is 76.7 cm³/mol. The van der Waals surface area contributed by atoms with Crippen molar-refractivity contribution < 1.29 is 19.1 Å². The van der Waals surface area contributed by atoms with Crippen LogP contribution in [0.3, 0.4) is 0 Å². The summed E-state index contributed by atoms with van der Waals surface area (Å²) in [5.74, 6) is 1.11. The van der Waals surface area contributed by atoms with Crippen molar-refractivity contribution in [3.63, 3.8) is 0 Å². The van der Waals surface area contributed by atoms with E-state index in [9.17, 15) is 9.59 Å². The Labute approximate surface area is 124 Å². The molecule has 1 aliphatic carbocycles. The molecule has 1 aliphatic rings. The largest absolute Gasteiger partial charge is 0.480 e. The number of hydrogen-bond donors (Lipinski definition) is 1. The first-order valence-electron chi connectivity index (χ1n) is 7.17. The van der Waals surface area contributed by atoms with Crippen LogP contribution in [0, 0.1) is 12.8 Å². The van der Waals surface area contributed by atoms with E-state index in [0.717, 1.165) is 24.4 Å². The van der Waals surface area contributed by atoms with Gasteiger partial charge in [0.05, 0.1) is 19.6 Å². The highest BCUT2D eigenvalue weighted by molar-refractivity contribution is 5.79. The standard InChI is InChI=1S/C15H22N2O4/c1-11-3-6-13(21-11)8-16(2)14(18)9-17(10-15(19)20)7-12-4-5-12/h3,6,12H,4-5,7-10H2,1-2H3,(H,19,20). The molecule has 1 fully saturated rings. The summed E-state index contributed by atoms with van der Waals surface area (Å²) in [4.78, 5) is 26.4. The number of amides is 1. The van der Waals surface area contributed by atoms with E-state index in [2.05, 4.69) is 0 Å². The first-order valence-corrected chi connectivity index (χ1v) is 7.17. The quantitative estimate of drug-likeness (QED) is 0.783. The Morgan fingerprint density at radius 1 is 1.33 bits per heavy atom. The van der Waals surface area contributed by atoms with Gasteiger partial charge in [0.2, 0.25) is 5.91 Å². The van der Waals surface area contributed by atoms with E-state index in [1.807, 2.05) is 19.1 Å². The number of nitrogens with zero attached hydrogens (tertiary/aromatic N) is 2. The Balaban J connectivity index is 1.85. The van der Waals surface area contributed by atoms with Crippen LogP contribution in [0.25, 0.3) is 0 Å². The maximum atomic E-state index is 12.2. The van der Waals surface area contributed by atoms with Gasteiger partial charge in [0.15, 0.2) is 0 Å². The second-order valence-electron chi connectivity index (χ2n) is 5.77. The number of rotatable bonds is 8.